The van der Waals surface area contributed by atoms with Crippen LogP contribution in [0.1, 0.15) is 19.8 Å². The summed E-state index contributed by atoms with van der Waals surface area (Å²) in [6.07, 6.45) is 1.25. The van der Waals surface area contributed by atoms with Crippen LogP contribution >= 0.6 is 23.5 Å². The molecule has 0 aromatic heterocycles. The average molecular weight is 330 g/mol. The Kier molecular flexibility index (Phi) is 4.22. The third-order valence-electron chi connectivity index (χ3n) is 4.03. The molecule has 0 bridgehead atoms. The lowest BCUT2D eigenvalue weighted by molar-refractivity contribution is -0.156. The van der Waals surface area contributed by atoms with Crippen molar-refractivity contribution >= 4 is 35.4 Å². The Hall–Kier alpha value is -0.700. The van der Waals surface area contributed by atoms with Crippen LogP contribution in [0.3, 0.4) is 0 Å². The Morgan fingerprint density at radius 3 is 2.71 bits per heavy atom. The zero-order valence-electron chi connectivity index (χ0n) is 11.6. The lowest BCUT2D eigenvalue weighted by Gasteiger charge is -2.43. The quantitative estimate of drug-likeness (QED) is 0.652. The molecule has 2 saturated heterocycles. The number of amides is 1. The summed E-state index contributed by atoms with van der Waals surface area (Å²) >= 11 is 2.99. The Morgan fingerprint density at radius 2 is 2.14 bits per heavy atom. The van der Waals surface area contributed by atoms with Crippen LogP contribution in [-0.2, 0) is 9.59 Å². The molecule has 116 valence electrons. The number of hydrogen-bond acceptors (Lipinski definition) is 6. The molecule has 3 aliphatic heterocycles. The number of piperidine rings is 1. The van der Waals surface area contributed by atoms with Crippen molar-refractivity contribution in [3.8, 4) is 0 Å². The number of carboxylic acids is 1. The predicted molar refractivity (Wildman–Crippen MR) is 81.5 cm³/mol. The third kappa shape index (κ3) is 2.58. The van der Waals surface area contributed by atoms with Gasteiger partial charge in [0.1, 0.15) is 5.37 Å². The first-order chi connectivity index (χ1) is 10.0. The van der Waals surface area contributed by atoms with E-state index in [-0.39, 0.29) is 17.0 Å². The van der Waals surface area contributed by atoms with Gasteiger partial charge in [-0.3, -0.25) is 9.69 Å². The van der Waals surface area contributed by atoms with Crippen LogP contribution in [-0.4, -0.2) is 56.8 Å². The van der Waals surface area contributed by atoms with Crippen LogP contribution in [0.5, 0.6) is 0 Å². The Bertz CT molecular complexity index is 502. The summed E-state index contributed by atoms with van der Waals surface area (Å²) in [5, 5.41) is 22.5. The molecular weight excluding hydrogens is 312 g/mol. The van der Waals surface area contributed by atoms with Gasteiger partial charge in [-0.25, -0.2) is 4.79 Å². The van der Waals surface area contributed by atoms with E-state index in [0.717, 1.165) is 30.2 Å². The SMILES string of the molecule is CC(O)C1C(=O)N2C(C(=O)O)=C(SC3CCNCC3)S[C@H]12. The molecule has 8 heteroatoms. The highest BCUT2D eigenvalue weighted by atomic mass is 32.2. The van der Waals surface area contributed by atoms with Crippen molar-refractivity contribution in [2.24, 2.45) is 5.92 Å². The van der Waals surface area contributed by atoms with Crippen LogP contribution in [0.2, 0.25) is 0 Å². The molecule has 0 aromatic rings. The summed E-state index contributed by atoms with van der Waals surface area (Å²) < 4.78 is 0.718. The lowest BCUT2D eigenvalue weighted by atomic mass is 9.92. The fourth-order valence-electron chi connectivity index (χ4n) is 2.90. The minimum absolute atomic E-state index is 0.107. The number of aliphatic hydroxyl groups is 1. The first kappa shape index (κ1) is 15.2. The molecule has 2 unspecified atom stereocenters. The molecule has 0 saturated carbocycles. The van der Waals surface area contributed by atoms with Gasteiger partial charge in [-0.1, -0.05) is 11.8 Å². The van der Waals surface area contributed by atoms with Gasteiger partial charge in [0.2, 0.25) is 5.91 Å². The van der Waals surface area contributed by atoms with Crippen LogP contribution < -0.4 is 5.32 Å². The summed E-state index contributed by atoms with van der Waals surface area (Å²) in [5.74, 6) is -1.82. The van der Waals surface area contributed by atoms with Crippen molar-refractivity contribution in [2.45, 2.75) is 36.5 Å². The number of carbonyl (C=O) groups excluding carboxylic acids is 1. The first-order valence-corrected chi connectivity index (χ1v) is 8.79. The topological polar surface area (TPSA) is 89.9 Å². The second-order valence-corrected chi connectivity index (χ2v) is 8.19. The van der Waals surface area contributed by atoms with Gasteiger partial charge in [-0.05, 0) is 32.9 Å². The van der Waals surface area contributed by atoms with Gasteiger partial charge in [0.15, 0.2) is 5.70 Å². The maximum Gasteiger partial charge on any atom is 0.354 e. The molecule has 0 spiro atoms. The van der Waals surface area contributed by atoms with E-state index < -0.39 is 18.0 Å². The number of β-lactam (4-membered cyclic amide) rings is 1. The van der Waals surface area contributed by atoms with Crippen LogP contribution in [0.25, 0.3) is 0 Å². The number of carboxylic acid groups (broad SMARTS) is 1. The smallest absolute Gasteiger partial charge is 0.354 e. The van der Waals surface area contributed by atoms with Crippen molar-refractivity contribution in [3.63, 3.8) is 0 Å². The summed E-state index contributed by atoms with van der Waals surface area (Å²) in [6, 6.07) is 0. The number of thioether (sulfide) groups is 2. The highest BCUT2D eigenvalue weighted by Crippen LogP contribution is 2.54. The monoisotopic (exact) mass is 330 g/mol. The number of aliphatic carboxylic acids is 1. The average Bonchev–Trinajstić information content (AvgIpc) is 2.74. The largest absolute Gasteiger partial charge is 0.477 e. The molecule has 3 N–H and O–H groups in total. The van der Waals surface area contributed by atoms with Crippen molar-refractivity contribution in [3.05, 3.63) is 9.93 Å². The van der Waals surface area contributed by atoms with E-state index in [1.165, 1.54) is 16.7 Å². The zero-order chi connectivity index (χ0) is 15.1. The molecule has 0 aliphatic carbocycles. The zero-order valence-corrected chi connectivity index (χ0v) is 13.2. The van der Waals surface area contributed by atoms with E-state index in [9.17, 15) is 19.8 Å². The number of carbonyl (C=O) groups is 2. The molecule has 3 heterocycles. The van der Waals surface area contributed by atoms with E-state index in [0.29, 0.717) is 5.25 Å². The molecule has 3 rings (SSSR count). The molecule has 1 amide bonds. The van der Waals surface area contributed by atoms with E-state index in [2.05, 4.69) is 5.32 Å². The van der Waals surface area contributed by atoms with E-state index in [1.807, 2.05) is 0 Å². The third-order valence-corrected chi connectivity index (χ3v) is 6.97. The number of nitrogens with one attached hydrogen (secondary N) is 1. The predicted octanol–water partition coefficient (Wildman–Crippen LogP) is 0.637. The van der Waals surface area contributed by atoms with Crippen molar-refractivity contribution in [1.82, 2.24) is 10.2 Å². The fourth-order valence-corrected chi connectivity index (χ4v) is 6.22. The molecule has 0 aromatic carbocycles. The Balaban J connectivity index is 1.79. The van der Waals surface area contributed by atoms with Gasteiger partial charge in [-0.15, -0.1) is 11.8 Å². The lowest BCUT2D eigenvalue weighted by Crippen LogP contribution is -2.60. The second kappa shape index (κ2) is 5.83. The Morgan fingerprint density at radius 1 is 1.48 bits per heavy atom. The standard InChI is InChI=1S/C13H18N2O4S2/c1-6(16)8-10(17)15-9(12(18)19)13(21-11(8)15)20-7-2-4-14-5-3-7/h6-8,11,14,16H,2-5H2,1H3,(H,18,19)/t6?,8?,11-/m1/s1. The van der Waals surface area contributed by atoms with Gasteiger partial charge in [-0.2, -0.15) is 0 Å². The molecule has 2 fully saturated rings. The van der Waals surface area contributed by atoms with Crippen molar-refractivity contribution in [2.75, 3.05) is 13.1 Å². The van der Waals surface area contributed by atoms with Gasteiger partial charge >= 0.3 is 5.97 Å². The summed E-state index contributed by atoms with van der Waals surface area (Å²) in [4.78, 5) is 24.9. The highest BCUT2D eigenvalue weighted by Gasteiger charge is 2.57. The minimum atomic E-state index is -1.06. The minimum Gasteiger partial charge on any atom is -0.477 e. The number of fused-ring (bicyclic) bond motifs is 1. The number of hydrogen-bond donors (Lipinski definition) is 3. The van der Waals surface area contributed by atoms with Gasteiger partial charge in [0, 0.05) is 5.25 Å². The number of nitrogens with zero attached hydrogens (tertiary/aromatic N) is 1. The summed E-state index contributed by atoms with van der Waals surface area (Å²) in [7, 11) is 0. The van der Waals surface area contributed by atoms with E-state index in [4.69, 9.17) is 0 Å². The van der Waals surface area contributed by atoms with Gasteiger partial charge < -0.3 is 15.5 Å². The van der Waals surface area contributed by atoms with E-state index >= 15 is 0 Å². The molecule has 21 heavy (non-hydrogen) atoms. The molecule has 3 aliphatic rings. The summed E-state index contributed by atoms with van der Waals surface area (Å²) in [5.41, 5.74) is 0.107. The second-order valence-electron chi connectivity index (χ2n) is 5.49. The first-order valence-electron chi connectivity index (χ1n) is 7.03. The molecular formula is C13H18N2O4S2. The van der Waals surface area contributed by atoms with Gasteiger partial charge in [0.05, 0.1) is 16.3 Å². The maximum atomic E-state index is 12.1. The number of aliphatic hydroxyl groups excluding tert-OH is 1. The van der Waals surface area contributed by atoms with Crippen LogP contribution in [0.15, 0.2) is 9.93 Å². The van der Waals surface area contributed by atoms with Crippen LogP contribution in [0, 0.1) is 5.92 Å². The maximum absolute atomic E-state index is 12.1. The normalized spacial score (nSPS) is 31.1. The summed E-state index contributed by atoms with van der Waals surface area (Å²) in [6.45, 7) is 3.47. The molecule has 3 atom stereocenters. The Labute approximate surface area is 131 Å². The molecule has 6 nitrogen and oxygen atoms in total. The van der Waals surface area contributed by atoms with Gasteiger partial charge in [0.25, 0.3) is 0 Å². The highest BCUT2D eigenvalue weighted by molar-refractivity contribution is 8.23. The molecule has 0 radical (unpaired) electrons. The van der Waals surface area contributed by atoms with Crippen LogP contribution in [0.4, 0.5) is 0 Å². The van der Waals surface area contributed by atoms with E-state index in [1.54, 1.807) is 18.7 Å². The van der Waals surface area contributed by atoms with Crippen molar-refractivity contribution < 1.29 is 19.8 Å². The fraction of sp³-hybridized carbons (Fsp3) is 0.692. The van der Waals surface area contributed by atoms with Crippen molar-refractivity contribution in [1.29, 1.82) is 0 Å². The number of rotatable bonds is 4.